The lowest BCUT2D eigenvalue weighted by atomic mass is 10.6. The second-order valence-electron chi connectivity index (χ2n) is 2.91. The Morgan fingerprint density at radius 1 is 1.54 bits per heavy atom. The molecular weight excluding hydrogens is 166 g/mol. The van der Waals surface area contributed by atoms with Gasteiger partial charge in [0.05, 0.1) is 0 Å². The number of aromatic amines is 1. The van der Waals surface area contributed by atoms with Gasteiger partial charge < -0.3 is 10.3 Å². The Hall–Kier alpha value is -1.78. The topological polar surface area (TPSA) is 58.5 Å². The molecule has 5 heteroatoms. The first-order valence-corrected chi connectivity index (χ1v) is 4.02. The van der Waals surface area contributed by atoms with Gasteiger partial charge in [-0.3, -0.25) is 4.68 Å². The fourth-order valence-corrected chi connectivity index (χ4v) is 1.08. The summed E-state index contributed by atoms with van der Waals surface area (Å²) in [6.45, 7) is 1.95. The molecule has 0 bridgehead atoms. The van der Waals surface area contributed by atoms with E-state index < -0.39 is 0 Å². The van der Waals surface area contributed by atoms with E-state index in [9.17, 15) is 0 Å². The van der Waals surface area contributed by atoms with Crippen molar-refractivity contribution in [1.29, 1.82) is 0 Å². The van der Waals surface area contributed by atoms with Crippen LogP contribution in [0.15, 0.2) is 18.5 Å². The Morgan fingerprint density at radius 2 is 2.38 bits per heavy atom. The zero-order chi connectivity index (χ0) is 9.26. The number of H-pyrrole nitrogens is 1. The number of rotatable bonds is 2. The Morgan fingerprint density at radius 3 is 2.92 bits per heavy atom. The molecule has 0 unspecified atom stereocenters. The average molecular weight is 177 g/mol. The molecular formula is C8H11N5. The lowest BCUT2D eigenvalue weighted by Gasteiger charge is -1.95. The first-order valence-electron chi connectivity index (χ1n) is 4.02. The summed E-state index contributed by atoms with van der Waals surface area (Å²) in [6.07, 6.45) is 3.64. The summed E-state index contributed by atoms with van der Waals surface area (Å²) in [4.78, 5) is 7.17. The molecule has 0 aromatic carbocycles. The third-order valence-electron chi connectivity index (χ3n) is 1.66. The molecule has 2 N–H and O–H groups in total. The molecule has 0 aliphatic heterocycles. The van der Waals surface area contributed by atoms with E-state index in [0.717, 1.165) is 17.5 Å². The zero-order valence-corrected chi connectivity index (χ0v) is 7.57. The maximum absolute atomic E-state index is 4.16. The van der Waals surface area contributed by atoms with E-state index in [-0.39, 0.29) is 0 Å². The SMILES string of the molecule is Cc1cnc(Nc2ccn(C)n2)[nH]1. The van der Waals surface area contributed by atoms with Crippen molar-refractivity contribution < 1.29 is 0 Å². The van der Waals surface area contributed by atoms with Crippen LogP contribution in [-0.2, 0) is 7.05 Å². The number of imidazole rings is 1. The fraction of sp³-hybridized carbons (Fsp3) is 0.250. The third kappa shape index (κ3) is 1.69. The van der Waals surface area contributed by atoms with Gasteiger partial charge in [0.15, 0.2) is 5.82 Å². The molecule has 0 aliphatic rings. The van der Waals surface area contributed by atoms with Gasteiger partial charge in [0.1, 0.15) is 0 Å². The fourth-order valence-electron chi connectivity index (χ4n) is 1.08. The smallest absolute Gasteiger partial charge is 0.206 e. The van der Waals surface area contributed by atoms with E-state index in [1.165, 1.54) is 0 Å². The van der Waals surface area contributed by atoms with Crippen molar-refractivity contribution >= 4 is 11.8 Å². The molecule has 2 heterocycles. The van der Waals surface area contributed by atoms with Crippen molar-refractivity contribution in [3.8, 4) is 0 Å². The lowest BCUT2D eigenvalue weighted by Crippen LogP contribution is -1.94. The van der Waals surface area contributed by atoms with Gasteiger partial charge >= 0.3 is 0 Å². The Labute approximate surface area is 75.8 Å². The minimum Gasteiger partial charge on any atom is -0.328 e. The largest absolute Gasteiger partial charge is 0.328 e. The number of anilines is 2. The zero-order valence-electron chi connectivity index (χ0n) is 7.57. The number of aromatic nitrogens is 4. The maximum Gasteiger partial charge on any atom is 0.206 e. The van der Waals surface area contributed by atoms with Crippen LogP contribution in [0.4, 0.5) is 11.8 Å². The van der Waals surface area contributed by atoms with Crippen LogP contribution in [0.1, 0.15) is 5.69 Å². The average Bonchev–Trinajstić information content (AvgIpc) is 2.62. The van der Waals surface area contributed by atoms with Gasteiger partial charge in [-0.25, -0.2) is 4.98 Å². The summed E-state index contributed by atoms with van der Waals surface area (Å²) in [7, 11) is 1.87. The van der Waals surface area contributed by atoms with Gasteiger partial charge in [0, 0.05) is 31.2 Å². The Balaban J connectivity index is 2.14. The highest BCUT2D eigenvalue weighted by molar-refractivity contribution is 5.46. The Bertz CT molecular complexity index is 362. The summed E-state index contributed by atoms with van der Waals surface area (Å²) >= 11 is 0. The predicted octanol–water partition coefficient (Wildman–Crippen LogP) is 1.20. The normalized spacial score (nSPS) is 10.3. The van der Waals surface area contributed by atoms with Crippen molar-refractivity contribution in [3.05, 3.63) is 24.2 Å². The number of nitrogens with one attached hydrogen (secondary N) is 2. The van der Waals surface area contributed by atoms with Crippen molar-refractivity contribution in [2.24, 2.45) is 7.05 Å². The summed E-state index contributed by atoms with van der Waals surface area (Å²) in [5.41, 5.74) is 1.03. The van der Waals surface area contributed by atoms with Crippen LogP contribution in [0, 0.1) is 6.92 Å². The number of aryl methyl sites for hydroxylation is 2. The highest BCUT2D eigenvalue weighted by Crippen LogP contribution is 2.09. The van der Waals surface area contributed by atoms with Gasteiger partial charge in [0.25, 0.3) is 0 Å². The first kappa shape index (κ1) is 7.85. The van der Waals surface area contributed by atoms with Gasteiger partial charge in [-0.1, -0.05) is 0 Å². The second-order valence-corrected chi connectivity index (χ2v) is 2.91. The molecule has 0 saturated heterocycles. The highest BCUT2D eigenvalue weighted by atomic mass is 15.3. The molecule has 0 amide bonds. The molecule has 0 aliphatic carbocycles. The molecule has 0 fully saturated rings. The van der Waals surface area contributed by atoms with E-state index in [0.29, 0.717) is 0 Å². The van der Waals surface area contributed by atoms with Crippen molar-refractivity contribution in [2.75, 3.05) is 5.32 Å². The van der Waals surface area contributed by atoms with Crippen LogP contribution in [0.2, 0.25) is 0 Å². The van der Waals surface area contributed by atoms with E-state index in [1.54, 1.807) is 10.9 Å². The van der Waals surface area contributed by atoms with Gasteiger partial charge in [-0.15, -0.1) is 0 Å². The van der Waals surface area contributed by atoms with Gasteiger partial charge in [-0.2, -0.15) is 5.10 Å². The number of nitrogens with zero attached hydrogens (tertiary/aromatic N) is 3. The van der Waals surface area contributed by atoms with E-state index in [4.69, 9.17) is 0 Å². The molecule has 0 spiro atoms. The van der Waals surface area contributed by atoms with Gasteiger partial charge in [-0.05, 0) is 6.92 Å². The van der Waals surface area contributed by atoms with Crippen molar-refractivity contribution in [3.63, 3.8) is 0 Å². The van der Waals surface area contributed by atoms with Crippen LogP contribution in [0.3, 0.4) is 0 Å². The molecule has 0 saturated carbocycles. The van der Waals surface area contributed by atoms with E-state index in [1.807, 2.05) is 26.2 Å². The van der Waals surface area contributed by atoms with Crippen LogP contribution < -0.4 is 5.32 Å². The Kier molecular flexibility index (Phi) is 1.77. The molecule has 2 aromatic rings. The van der Waals surface area contributed by atoms with Crippen LogP contribution in [-0.4, -0.2) is 19.7 Å². The summed E-state index contributed by atoms with van der Waals surface area (Å²) in [5.74, 6) is 1.51. The van der Waals surface area contributed by atoms with Crippen molar-refractivity contribution in [2.45, 2.75) is 6.92 Å². The first-order chi connectivity index (χ1) is 6.24. The summed E-state index contributed by atoms with van der Waals surface area (Å²) in [6, 6.07) is 1.89. The summed E-state index contributed by atoms with van der Waals surface area (Å²) < 4.78 is 1.73. The molecule has 13 heavy (non-hydrogen) atoms. The maximum atomic E-state index is 4.16. The standard InChI is InChI=1S/C8H11N5/c1-6-5-9-8(10-6)11-7-3-4-13(2)12-7/h3-5H,1-2H3,(H2,9,10,11,12). The lowest BCUT2D eigenvalue weighted by molar-refractivity contribution is 0.771. The van der Waals surface area contributed by atoms with Crippen LogP contribution >= 0.6 is 0 Å². The quantitative estimate of drug-likeness (QED) is 0.724. The third-order valence-corrected chi connectivity index (χ3v) is 1.66. The highest BCUT2D eigenvalue weighted by Gasteiger charge is 1.99. The molecule has 2 aromatic heterocycles. The van der Waals surface area contributed by atoms with Crippen LogP contribution in [0.5, 0.6) is 0 Å². The summed E-state index contributed by atoms with van der Waals surface area (Å²) in [5, 5.41) is 7.21. The number of hydrogen-bond donors (Lipinski definition) is 2. The van der Waals surface area contributed by atoms with E-state index in [2.05, 4.69) is 20.4 Å². The minimum absolute atomic E-state index is 0.719. The predicted molar refractivity (Wildman–Crippen MR) is 49.8 cm³/mol. The molecule has 5 nitrogen and oxygen atoms in total. The minimum atomic E-state index is 0.719. The second kappa shape index (κ2) is 2.93. The van der Waals surface area contributed by atoms with E-state index >= 15 is 0 Å². The van der Waals surface area contributed by atoms with Gasteiger partial charge in [0.2, 0.25) is 5.95 Å². The van der Waals surface area contributed by atoms with Crippen molar-refractivity contribution in [1.82, 2.24) is 19.7 Å². The van der Waals surface area contributed by atoms with Crippen LogP contribution in [0.25, 0.3) is 0 Å². The molecule has 2 rings (SSSR count). The molecule has 0 atom stereocenters. The molecule has 0 radical (unpaired) electrons. The number of hydrogen-bond acceptors (Lipinski definition) is 3. The monoisotopic (exact) mass is 177 g/mol. The molecule has 68 valence electrons.